The van der Waals surface area contributed by atoms with Gasteiger partial charge < -0.3 is 4.74 Å². The zero-order valence-electron chi connectivity index (χ0n) is 9.90. The molecule has 2 aromatic rings. The summed E-state index contributed by atoms with van der Waals surface area (Å²) in [4.78, 5) is 11.4. The van der Waals surface area contributed by atoms with Crippen LogP contribution in [0.15, 0.2) is 35.7 Å². The van der Waals surface area contributed by atoms with Crippen LogP contribution in [0.4, 0.5) is 0 Å². The van der Waals surface area contributed by atoms with Gasteiger partial charge in [-0.15, -0.1) is 11.3 Å². The van der Waals surface area contributed by atoms with Crippen molar-refractivity contribution in [3.8, 4) is 0 Å². The van der Waals surface area contributed by atoms with E-state index in [1.54, 1.807) is 24.3 Å². The Balaban J connectivity index is 2.36. The molecule has 0 aliphatic carbocycles. The fourth-order valence-corrected chi connectivity index (χ4v) is 2.74. The summed E-state index contributed by atoms with van der Waals surface area (Å²) in [6.07, 6.45) is 1.55. The van der Waals surface area contributed by atoms with Gasteiger partial charge in [0.15, 0.2) is 0 Å². The average Bonchev–Trinajstić information content (AvgIpc) is 2.72. The summed E-state index contributed by atoms with van der Waals surface area (Å²) in [6.45, 7) is 4.15. The highest BCUT2D eigenvalue weighted by molar-refractivity contribution is 7.17. The van der Waals surface area contributed by atoms with E-state index in [-0.39, 0.29) is 5.97 Å². The molecular formula is C14H14O2S. The largest absolute Gasteiger partial charge is 0.463 e. The summed E-state index contributed by atoms with van der Waals surface area (Å²) < 4.78 is 6.15. The predicted molar refractivity (Wildman–Crippen MR) is 72.1 cm³/mol. The lowest BCUT2D eigenvalue weighted by Crippen LogP contribution is -1.99. The van der Waals surface area contributed by atoms with Gasteiger partial charge in [-0.2, -0.15) is 0 Å². The molecular weight excluding hydrogens is 232 g/mol. The second kappa shape index (κ2) is 5.15. The van der Waals surface area contributed by atoms with Crippen molar-refractivity contribution < 1.29 is 9.53 Å². The van der Waals surface area contributed by atoms with Crippen molar-refractivity contribution in [2.75, 3.05) is 6.61 Å². The summed E-state index contributed by atoms with van der Waals surface area (Å²) in [5.41, 5.74) is 2.06. The number of hydrogen-bond donors (Lipinski definition) is 0. The molecule has 0 amide bonds. The molecule has 0 atom stereocenters. The number of ether oxygens (including phenoxy) is 1. The number of hydrogen-bond acceptors (Lipinski definition) is 3. The number of rotatable bonds is 3. The quantitative estimate of drug-likeness (QED) is 0.607. The van der Waals surface area contributed by atoms with E-state index in [2.05, 4.69) is 17.5 Å². The standard InChI is InChI=1S/C14H14O2S/c1-3-16-14(15)8-10(2)12-9-17-13-7-5-4-6-11(12)13/h4-9H,3H2,1-2H3/b10-8-. The number of carbonyl (C=O) groups excluding carboxylic acids is 1. The molecule has 1 aromatic carbocycles. The highest BCUT2D eigenvalue weighted by Crippen LogP contribution is 2.30. The van der Waals surface area contributed by atoms with Gasteiger partial charge in [0.1, 0.15) is 0 Å². The van der Waals surface area contributed by atoms with Gasteiger partial charge in [-0.25, -0.2) is 4.79 Å². The highest BCUT2D eigenvalue weighted by Gasteiger charge is 2.06. The lowest BCUT2D eigenvalue weighted by Gasteiger charge is -2.00. The third kappa shape index (κ3) is 2.56. The van der Waals surface area contributed by atoms with Gasteiger partial charge >= 0.3 is 5.97 Å². The molecule has 1 heterocycles. The van der Waals surface area contributed by atoms with Crippen LogP contribution in [0, 0.1) is 0 Å². The van der Waals surface area contributed by atoms with Gasteiger partial charge in [-0.3, -0.25) is 0 Å². The van der Waals surface area contributed by atoms with E-state index in [0.29, 0.717) is 6.61 Å². The van der Waals surface area contributed by atoms with E-state index in [9.17, 15) is 4.79 Å². The van der Waals surface area contributed by atoms with E-state index in [1.165, 1.54) is 10.1 Å². The Hall–Kier alpha value is -1.61. The fraction of sp³-hybridized carbons (Fsp3) is 0.214. The molecule has 0 unspecified atom stereocenters. The van der Waals surface area contributed by atoms with Crippen molar-refractivity contribution >= 4 is 33.0 Å². The Morgan fingerprint density at radius 3 is 2.94 bits per heavy atom. The number of benzene rings is 1. The summed E-state index contributed by atoms with van der Waals surface area (Å²) >= 11 is 1.69. The van der Waals surface area contributed by atoms with Gasteiger partial charge in [0.25, 0.3) is 0 Å². The third-order valence-corrected chi connectivity index (χ3v) is 3.49. The van der Waals surface area contributed by atoms with Crippen LogP contribution in [-0.2, 0) is 9.53 Å². The zero-order valence-corrected chi connectivity index (χ0v) is 10.7. The van der Waals surface area contributed by atoms with E-state index in [0.717, 1.165) is 11.1 Å². The molecule has 0 bridgehead atoms. The lowest BCUT2D eigenvalue weighted by atomic mass is 10.1. The summed E-state index contributed by atoms with van der Waals surface area (Å²) in [5.74, 6) is -0.278. The predicted octanol–water partition coefficient (Wildman–Crippen LogP) is 3.87. The van der Waals surface area contributed by atoms with E-state index >= 15 is 0 Å². The number of fused-ring (bicyclic) bond motifs is 1. The Morgan fingerprint density at radius 2 is 2.18 bits per heavy atom. The normalized spacial score (nSPS) is 11.8. The van der Waals surface area contributed by atoms with Gasteiger partial charge in [0.2, 0.25) is 0 Å². The molecule has 3 heteroatoms. The topological polar surface area (TPSA) is 26.3 Å². The number of thiophene rings is 1. The maximum Gasteiger partial charge on any atom is 0.331 e. The molecule has 0 N–H and O–H groups in total. The van der Waals surface area contributed by atoms with Crippen LogP contribution >= 0.6 is 11.3 Å². The Labute approximate surface area is 105 Å². The van der Waals surface area contributed by atoms with Crippen LogP contribution in [0.25, 0.3) is 15.7 Å². The fourth-order valence-electron chi connectivity index (χ4n) is 1.72. The SMILES string of the molecule is CCOC(=O)/C=C(/C)c1csc2ccccc12. The summed E-state index contributed by atoms with van der Waals surface area (Å²) in [6, 6.07) is 8.19. The molecule has 88 valence electrons. The van der Waals surface area contributed by atoms with Crippen molar-refractivity contribution in [1.82, 2.24) is 0 Å². The minimum Gasteiger partial charge on any atom is -0.463 e. The number of carbonyl (C=O) groups is 1. The molecule has 0 fully saturated rings. The van der Waals surface area contributed by atoms with Gasteiger partial charge in [-0.05, 0) is 41.8 Å². The molecule has 0 saturated heterocycles. The van der Waals surface area contributed by atoms with Crippen LogP contribution in [0.3, 0.4) is 0 Å². The lowest BCUT2D eigenvalue weighted by molar-refractivity contribution is -0.137. The van der Waals surface area contributed by atoms with Gasteiger partial charge in [-0.1, -0.05) is 18.2 Å². The molecule has 2 nitrogen and oxygen atoms in total. The Morgan fingerprint density at radius 1 is 1.41 bits per heavy atom. The minimum absolute atomic E-state index is 0.278. The summed E-state index contributed by atoms with van der Waals surface area (Å²) in [5, 5.41) is 3.27. The van der Waals surface area contributed by atoms with Crippen LogP contribution in [0.5, 0.6) is 0 Å². The van der Waals surface area contributed by atoms with E-state index in [4.69, 9.17) is 4.74 Å². The first-order valence-corrected chi connectivity index (χ1v) is 6.42. The third-order valence-electron chi connectivity index (χ3n) is 2.53. The Kier molecular flexibility index (Phi) is 3.59. The molecule has 0 radical (unpaired) electrons. The Bertz CT molecular complexity index is 566. The molecule has 0 spiro atoms. The van der Waals surface area contributed by atoms with E-state index in [1.807, 2.05) is 19.1 Å². The van der Waals surface area contributed by atoms with Crippen LogP contribution in [0.2, 0.25) is 0 Å². The van der Waals surface area contributed by atoms with Crippen molar-refractivity contribution in [3.63, 3.8) is 0 Å². The van der Waals surface area contributed by atoms with Crippen LogP contribution in [-0.4, -0.2) is 12.6 Å². The first-order chi connectivity index (χ1) is 8.22. The van der Waals surface area contributed by atoms with Crippen LogP contribution < -0.4 is 0 Å². The van der Waals surface area contributed by atoms with Crippen molar-refractivity contribution in [3.05, 3.63) is 41.3 Å². The monoisotopic (exact) mass is 246 g/mol. The molecule has 0 aliphatic heterocycles. The van der Waals surface area contributed by atoms with Gasteiger partial charge in [0.05, 0.1) is 6.61 Å². The second-order valence-corrected chi connectivity index (χ2v) is 4.64. The van der Waals surface area contributed by atoms with E-state index < -0.39 is 0 Å². The molecule has 0 aliphatic rings. The minimum atomic E-state index is -0.278. The van der Waals surface area contributed by atoms with Crippen molar-refractivity contribution in [2.45, 2.75) is 13.8 Å². The van der Waals surface area contributed by atoms with Crippen molar-refractivity contribution in [1.29, 1.82) is 0 Å². The summed E-state index contributed by atoms with van der Waals surface area (Å²) in [7, 11) is 0. The zero-order chi connectivity index (χ0) is 12.3. The molecule has 17 heavy (non-hydrogen) atoms. The number of allylic oxidation sites excluding steroid dienone is 1. The molecule has 1 aromatic heterocycles. The first kappa shape index (κ1) is 11.9. The smallest absolute Gasteiger partial charge is 0.331 e. The maximum atomic E-state index is 11.4. The van der Waals surface area contributed by atoms with Gasteiger partial charge in [0, 0.05) is 10.8 Å². The van der Waals surface area contributed by atoms with Crippen molar-refractivity contribution in [2.24, 2.45) is 0 Å². The first-order valence-electron chi connectivity index (χ1n) is 5.54. The second-order valence-electron chi connectivity index (χ2n) is 3.72. The average molecular weight is 246 g/mol. The molecule has 2 rings (SSSR count). The molecule has 0 saturated carbocycles. The maximum absolute atomic E-state index is 11.4. The number of esters is 1. The highest BCUT2D eigenvalue weighted by atomic mass is 32.1. The van der Waals surface area contributed by atoms with Crippen LogP contribution in [0.1, 0.15) is 19.4 Å².